The topological polar surface area (TPSA) is 61.4 Å². The van der Waals surface area contributed by atoms with Gasteiger partial charge in [-0.15, -0.1) is 10.2 Å². The summed E-state index contributed by atoms with van der Waals surface area (Å²) in [7, 11) is 2.12. The molecule has 1 aromatic heterocycles. The Hall–Kier alpha value is -2.47. The molecule has 0 radical (unpaired) electrons. The van der Waals surface area contributed by atoms with Crippen molar-refractivity contribution in [2.24, 2.45) is 0 Å². The lowest BCUT2D eigenvalue weighted by Gasteiger charge is -2.32. The summed E-state index contributed by atoms with van der Waals surface area (Å²) in [5.74, 6) is 0.634. The van der Waals surface area contributed by atoms with Gasteiger partial charge in [-0.2, -0.15) is 0 Å². The Kier molecular flexibility index (Phi) is 5.05. The number of hydrogen-bond acceptors (Lipinski definition) is 5. The molecule has 0 aliphatic carbocycles. The molecule has 1 N–H and O–H groups in total. The van der Waals surface area contributed by atoms with E-state index in [9.17, 15) is 4.79 Å². The summed E-state index contributed by atoms with van der Waals surface area (Å²) < 4.78 is 0. The normalized spacial score (nSPS) is 15.3. The van der Waals surface area contributed by atoms with E-state index in [0.29, 0.717) is 12.2 Å². The Morgan fingerprint density at radius 1 is 1.08 bits per heavy atom. The summed E-state index contributed by atoms with van der Waals surface area (Å²) >= 11 is 0. The molecule has 2 aromatic rings. The van der Waals surface area contributed by atoms with Gasteiger partial charge in [0.1, 0.15) is 0 Å². The molecule has 6 heteroatoms. The van der Waals surface area contributed by atoms with Gasteiger partial charge in [0.25, 0.3) is 5.91 Å². The van der Waals surface area contributed by atoms with E-state index in [1.165, 1.54) is 0 Å². The SMILES string of the molecule is Cc1ccccc1CNC(=O)c1ccc(N2CCN(C)CC2)nn1. The van der Waals surface area contributed by atoms with Crippen LogP contribution >= 0.6 is 0 Å². The second-order valence-corrected chi connectivity index (χ2v) is 6.18. The zero-order valence-electron chi connectivity index (χ0n) is 14.2. The molecule has 1 aliphatic heterocycles. The minimum absolute atomic E-state index is 0.198. The van der Waals surface area contributed by atoms with Crippen LogP contribution < -0.4 is 10.2 Å². The van der Waals surface area contributed by atoms with Gasteiger partial charge in [0.05, 0.1) is 0 Å². The molecule has 126 valence electrons. The van der Waals surface area contributed by atoms with Crippen LogP contribution in [-0.2, 0) is 6.54 Å². The molecule has 0 atom stereocenters. The maximum atomic E-state index is 12.2. The summed E-state index contributed by atoms with van der Waals surface area (Å²) in [5, 5.41) is 11.2. The molecule has 1 aromatic carbocycles. The lowest BCUT2D eigenvalue weighted by molar-refractivity contribution is 0.0945. The Labute approximate surface area is 142 Å². The van der Waals surface area contributed by atoms with Gasteiger partial charge in [-0.25, -0.2) is 0 Å². The quantitative estimate of drug-likeness (QED) is 0.922. The minimum Gasteiger partial charge on any atom is -0.353 e. The van der Waals surface area contributed by atoms with E-state index < -0.39 is 0 Å². The largest absolute Gasteiger partial charge is 0.353 e. The summed E-state index contributed by atoms with van der Waals surface area (Å²) in [6.07, 6.45) is 0. The predicted octanol–water partition coefficient (Wildman–Crippen LogP) is 1.47. The van der Waals surface area contributed by atoms with Crippen molar-refractivity contribution in [3.05, 3.63) is 53.2 Å². The molecule has 3 rings (SSSR count). The molecule has 1 fully saturated rings. The Morgan fingerprint density at radius 3 is 2.50 bits per heavy atom. The average molecular weight is 325 g/mol. The zero-order valence-corrected chi connectivity index (χ0v) is 14.2. The summed E-state index contributed by atoms with van der Waals surface area (Å²) in [6, 6.07) is 11.6. The van der Waals surface area contributed by atoms with Gasteiger partial charge in [0, 0.05) is 32.7 Å². The van der Waals surface area contributed by atoms with Crippen molar-refractivity contribution in [1.29, 1.82) is 0 Å². The number of rotatable bonds is 4. The monoisotopic (exact) mass is 325 g/mol. The maximum Gasteiger partial charge on any atom is 0.272 e. The number of likely N-dealkylation sites (N-methyl/N-ethyl adjacent to an activating group) is 1. The van der Waals surface area contributed by atoms with Crippen LogP contribution in [0.1, 0.15) is 21.6 Å². The van der Waals surface area contributed by atoms with Crippen molar-refractivity contribution in [2.45, 2.75) is 13.5 Å². The average Bonchev–Trinajstić information content (AvgIpc) is 2.62. The van der Waals surface area contributed by atoms with Gasteiger partial charge in [-0.1, -0.05) is 24.3 Å². The fraction of sp³-hybridized carbons (Fsp3) is 0.389. The number of aryl methyl sites for hydroxylation is 1. The van der Waals surface area contributed by atoms with E-state index in [1.807, 2.05) is 37.3 Å². The van der Waals surface area contributed by atoms with Crippen LogP contribution in [0, 0.1) is 6.92 Å². The standard InChI is InChI=1S/C18H23N5O/c1-14-5-3-4-6-15(14)13-19-18(24)16-7-8-17(21-20-16)23-11-9-22(2)10-12-23/h3-8H,9-13H2,1-2H3,(H,19,24). The number of nitrogens with one attached hydrogen (secondary N) is 1. The Morgan fingerprint density at radius 2 is 1.83 bits per heavy atom. The molecule has 2 heterocycles. The van der Waals surface area contributed by atoms with Gasteiger partial charge >= 0.3 is 0 Å². The number of anilines is 1. The first kappa shape index (κ1) is 16.4. The Balaban J connectivity index is 1.59. The summed E-state index contributed by atoms with van der Waals surface area (Å²) in [6.45, 7) is 6.42. The number of carbonyl (C=O) groups excluding carboxylic acids is 1. The van der Waals surface area contributed by atoms with E-state index in [2.05, 4.69) is 32.4 Å². The first-order valence-corrected chi connectivity index (χ1v) is 8.23. The maximum absolute atomic E-state index is 12.2. The van der Waals surface area contributed by atoms with E-state index in [1.54, 1.807) is 6.07 Å². The highest BCUT2D eigenvalue weighted by Gasteiger charge is 2.16. The molecule has 0 spiro atoms. The first-order valence-electron chi connectivity index (χ1n) is 8.23. The van der Waals surface area contributed by atoms with Crippen LogP contribution in [0.2, 0.25) is 0 Å². The molecule has 6 nitrogen and oxygen atoms in total. The number of aromatic nitrogens is 2. The molecule has 0 bridgehead atoms. The van der Waals surface area contributed by atoms with Crippen molar-refractivity contribution >= 4 is 11.7 Å². The number of piperazine rings is 1. The fourth-order valence-corrected chi connectivity index (χ4v) is 2.73. The highest BCUT2D eigenvalue weighted by Crippen LogP contribution is 2.12. The van der Waals surface area contributed by atoms with Crippen molar-refractivity contribution in [1.82, 2.24) is 20.4 Å². The molecule has 24 heavy (non-hydrogen) atoms. The molecular formula is C18H23N5O. The van der Waals surface area contributed by atoms with Gasteiger partial charge in [0.2, 0.25) is 0 Å². The van der Waals surface area contributed by atoms with Crippen molar-refractivity contribution in [2.75, 3.05) is 38.1 Å². The zero-order chi connectivity index (χ0) is 16.9. The van der Waals surface area contributed by atoms with Crippen molar-refractivity contribution in [3.8, 4) is 0 Å². The van der Waals surface area contributed by atoms with Crippen LogP contribution in [-0.4, -0.2) is 54.2 Å². The van der Waals surface area contributed by atoms with Crippen molar-refractivity contribution in [3.63, 3.8) is 0 Å². The van der Waals surface area contributed by atoms with E-state index in [4.69, 9.17) is 0 Å². The van der Waals surface area contributed by atoms with E-state index >= 15 is 0 Å². The number of carbonyl (C=O) groups is 1. The molecule has 1 saturated heterocycles. The number of amides is 1. The van der Waals surface area contributed by atoms with Crippen LogP contribution in [0.5, 0.6) is 0 Å². The molecule has 0 saturated carbocycles. The molecule has 0 unspecified atom stereocenters. The smallest absolute Gasteiger partial charge is 0.272 e. The van der Waals surface area contributed by atoms with Crippen LogP contribution in [0.15, 0.2) is 36.4 Å². The van der Waals surface area contributed by atoms with Gasteiger partial charge in [-0.05, 0) is 37.2 Å². The van der Waals surface area contributed by atoms with E-state index in [-0.39, 0.29) is 5.91 Å². The van der Waals surface area contributed by atoms with Crippen LogP contribution in [0.4, 0.5) is 5.82 Å². The number of nitrogens with zero attached hydrogens (tertiary/aromatic N) is 4. The second kappa shape index (κ2) is 7.40. The predicted molar refractivity (Wildman–Crippen MR) is 94.1 cm³/mol. The summed E-state index contributed by atoms with van der Waals surface area (Å²) in [4.78, 5) is 16.7. The fourth-order valence-electron chi connectivity index (χ4n) is 2.73. The lowest BCUT2D eigenvalue weighted by Crippen LogP contribution is -2.44. The third-order valence-corrected chi connectivity index (χ3v) is 4.41. The Bertz CT molecular complexity index is 693. The minimum atomic E-state index is -0.198. The molecular weight excluding hydrogens is 302 g/mol. The second-order valence-electron chi connectivity index (χ2n) is 6.18. The molecule has 1 aliphatic rings. The first-order chi connectivity index (χ1) is 11.6. The third kappa shape index (κ3) is 3.89. The van der Waals surface area contributed by atoms with Gasteiger partial charge in [-0.3, -0.25) is 4.79 Å². The third-order valence-electron chi connectivity index (χ3n) is 4.41. The summed E-state index contributed by atoms with van der Waals surface area (Å²) in [5.41, 5.74) is 2.61. The number of benzene rings is 1. The molecule has 1 amide bonds. The van der Waals surface area contributed by atoms with E-state index in [0.717, 1.165) is 43.1 Å². The number of hydrogen-bond donors (Lipinski definition) is 1. The highest BCUT2D eigenvalue weighted by molar-refractivity contribution is 5.92. The van der Waals surface area contributed by atoms with Gasteiger partial charge in [0.15, 0.2) is 11.5 Å². The van der Waals surface area contributed by atoms with Crippen LogP contribution in [0.3, 0.4) is 0 Å². The van der Waals surface area contributed by atoms with Gasteiger partial charge < -0.3 is 15.1 Å². The highest BCUT2D eigenvalue weighted by atomic mass is 16.1. The lowest BCUT2D eigenvalue weighted by atomic mass is 10.1. The van der Waals surface area contributed by atoms with Crippen LogP contribution in [0.25, 0.3) is 0 Å². The van der Waals surface area contributed by atoms with Crippen molar-refractivity contribution < 1.29 is 4.79 Å².